The van der Waals surface area contributed by atoms with Gasteiger partial charge in [-0.25, -0.2) is 0 Å². The fourth-order valence-electron chi connectivity index (χ4n) is 1.30. The summed E-state index contributed by atoms with van der Waals surface area (Å²) in [6.45, 7) is 6.11. The first kappa shape index (κ1) is 14.9. The third kappa shape index (κ3) is 6.40. The average Bonchev–Trinajstić information content (AvgIpc) is 2.23. The Morgan fingerprint density at radius 2 is 1.94 bits per heavy atom. The summed E-state index contributed by atoms with van der Waals surface area (Å²) in [7, 11) is 1.34. The van der Waals surface area contributed by atoms with E-state index in [-0.39, 0.29) is 18.5 Å². The molecule has 0 rings (SSSR count). The minimum Gasteiger partial charge on any atom is -0.468 e. The fraction of sp³-hybridized carbons (Fsp3) is 0.818. The van der Waals surface area contributed by atoms with Gasteiger partial charge in [0, 0.05) is 0 Å². The molecule has 16 heavy (non-hydrogen) atoms. The molecule has 0 saturated heterocycles. The van der Waals surface area contributed by atoms with Crippen molar-refractivity contribution >= 4 is 11.9 Å². The molecule has 0 aromatic heterocycles. The molecule has 5 heteroatoms. The second-order valence-corrected chi connectivity index (χ2v) is 3.89. The predicted molar refractivity (Wildman–Crippen MR) is 59.9 cm³/mol. The van der Waals surface area contributed by atoms with Gasteiger partial charge in [-0.15, -0.1) is 0 Å². The Hall–Kier alpha value is -1.10. The highest BCUT2D eigenvalue weighted by atomic mass is 16.5. The zero-order chi connectivity index (χ0) is 12.6. The molecule has 94 valence electrons. The normalized spacial score (nSPS) is 12.3. The highest BCUT2D eigenvalue weighted by Crippen LogP contribution is 2.05. The standard InChI is InChI=1S/C11H21NO4/c1-5-16-10(13)7-12-9(6-8(2)3)11(14)15-4/h8-9,12H,5-7H2,1-4H3. The Labute approximate surface area is 96.5 Å². The van der Waals surface area contributed by atoms with Crippen molar-refractivity contribution in [2.45, 2.75) is 33.2 Å². The van der Waals surface area contributed by atoms with Gasteiger partial charge in [-0.3, -0.25) is 14.9 Å². The number of hydrogen-bond acceptors (Lipinski definition) is 5. The first-order valence-electron chi connectivity index (χ1n) is 5.48. The molecule has 0 aromatic carbocycles. The molecule has 0 radical (unpaired) electrons. The molecule has 5 nitrogen and oxygen atoms in total. The number of nitrogens with one attached hydrogen (secondary N) is 1. The Balaban J connectivity index is 4.11. The maximum absolute atomic E-state index is 11.4. The maximum atomic E-state index is 11.4. The van der Waals surface area contributed by atoms with Gasteiger partial charge in [0.15, 0.2) is 0 Å². The summed E-state index contributed by atoms with van der Waals surface area (Å²) in [4.78, 5) is 22.5. The summed E-state index contributed by atoms with van der Waals surface area (Å²) in [5.41, 5.74) is 0. The molecule has 0 fully saturated rings. The number of hydrogen-bond donors (Lipinski definition) is 1. The van der Waals surface area contributed by atoms with Gasteiger partial charge in [-0.1, -0.05) is 13.8 Å². The van der Waals surface area contributed by atoms with Crippen molar-refractivity contribution in [2.75, 3.05) is 20.3 Å². The minimum atomic E-state index is -0.450. The van der Waals surface area contributed by atoms with Crippen LogP contribution in [0.15, 0.2) is 0 Å². The fourth-order valence-corrected chi connectivity index (χ4v) is 1.30. The van der Waals surface area contributed by atoms with E-state index in [9.17, 15) is 9.59 Å². The second-order valence-electron chi connectivity index (χ2n) is 3.89. The number of rotatable bonds is 7. The smallest absolute Gasteiger partial charge is 0.322 e. The highest BCUT2D eigenvalue weighted by molar-refractivity contribution is 5.77. The molecular formula is C11H21NO4. The molecule has 0 amide bonds. The molecule has 0 heterocycles. The third-order valence-electron chi connectivity index (χ3n) is 1.99. The van der Waals surface area contributed by atoms with E-state index in [1.54, 1.807) is 6.92 Å². The van der Waals surface area contributed by atoms with Crippen LogP contribution in [0, 0.1) is 5.92 Å². The van der Waals surface area contributed by atoms with Crippen LogP contribution in [-0.2, 0) is 19.1 Å². The van der Waals surface area contributed by atoms with Gasteiger partial charge in [0.2, 0.25) is 0 Å². The van der Waals surface area contributed by atoms with Crippen LogP contribution in [0.3, 0.4) is 0 Å². The predicted octanol–water partition coefficient (Wildman–Crippen LogP) is 0.727. The summed E-state index contributed by atoms with van der Waals surface area (Å²) in [6, 6.07) is -0.450. The topological polar surface area (TPSA) is 64.6 Å². The first-order valence-corrected chi connectivity index (χ1v) is 5.48. The molecule has 1 N–H and O–H groups in total. The van der Waals surface area contributed by atoms with Crippen LogP contribution < -0.4 is 5.32 Å². The quantitative estimate of drug-likeness (QED) is 0.654. The molecule has 0 aliphatic carbocycles. The Morgan fingerprint density at radius 3 is 2.38 bits per heavy atom. The van der Waals surface area contributed by atoms with Gasteiger partial charge >= 0.3 is 11.9 Å². The lowest BCUT2D eigenvalue weighted by atomic mass is 10.0. The van der Waals surface area contributed by atoms with Gasteiger partial charge < -0.3 is 9.47 Å². The lowest BCUT2D eigenvalue weighted by Gasteiger charge is -2.17. The third-order valence-corrected chi connectivity index (χ3v) is 1.99. The molecule has 0 aromatic rings. The Morgan fingerprint density at radius 1 is 1.31 bits per heavy atom. The Bertz CT molecular complexity index is 228. The van der Waals surface area contributed by atoms with Crippen LogP contribution in [-0.4, -0.2) is 38.2 Å². The number of carbonyl (C=O) groups excluding carboxylic acids is 2. The monoisotopic (exact) mass is 231 g/mol. The molecular weight excluding hydrogens is 210 g/mol. The van der Waals surface area contributed by atoms with Crippen molar-refractivity contribution in [1.82, 2.24) is 5.32 Å². The van der Waals surface area contributed by atoms with Gasteiger partial charge in [0.25, 0.3) is 0 Å². The number of esters is 2. The summed E-state index contributed by atoms with van der Waals surface area (Å²) >= 11 is 0. The summed E-state index contributed by atoms with van der Waals surface area (Å²) < 4.78 is 9.41. The maximum Gasteiger partial charge on any atom is 0.322 e. The largest absolute Gasteiger partial charge is 0.468 e. The van der Waals surface area contributed by atoms with Crippen LogP contribution in [0.4, 0.5) is 0 Å². The van der Waals surface area contributed by atoms with Crippen molar-refractivity contribution in [1.29, 1.82) is 0 Å². The van der Waals surface area contributed by atoms with Crippen LogP contribution in [0.2, 0.25) is 0 Å². The number of methoxy groups -OCH3 is 1. The average molecular weight is 231 g/mol. The van der Waals surface area contributed by atoms with Gasteiger partial charge in [-0.05, 0) is 19.3 Å². The molecule has 0 aliphatic rings. The van der Waals surface area contributed by atoms with E-state index in [1.807, 2.05) is 13.8 Å². The van der Waals surface area contributed by atoms with E-state index in [1.165, 1.54) is 7.11 Å². The minimum absolute atomic E-state index is 0.0281. The van der Waals surface area contributed by atoms with Crippen molar-refractivity contribution < 1.29 is 19.1 Å². The van der Waals surface area contributed by atoms with E-state index >= 15 is 0 Å². The molecule has 0 saturated carbocycles. The van der Waals surface area contributed by atoms with Crippen molar-refractivity contribution in [3.05, 3.63) is 0 Å². The number of ether oxygens (including phenoxy) is 2. The van der Waals surface area contributed by atoms with E-state index in [0.717, 1.165) is 0 Å². The van der Waals surface area contributed by atoms with Crippen molar-refractivity contribution in [3.63, 3.8) is 0 Å². The summed E-state index contributed by atoms with van der Waals surface area (Å²) in [5, 5.41) is 2.84. The zero-order valence-electron chi connectivity index (χ0n) is 10.4. The van der Waals surface area contributed by atoms with Crippen molar-refractivity contribution in [2.24, 2.45) is 5.92 Å². The summed E-state index contributed by atoms with van der Waals surface area (Å²) in [6.07, 6.45) is 0.631. The molecule has 0 aliphatic heterocycles. The lowest BCUT2D eigenvalue weighted by Crippen LogP contribution is -2.41. The summed E-state index contributed by atoms with van der Waals surface area (Å²) in [5.74, 6) is -0.364. The molecule has 1 atom stereocenters. The van der Waals surface area contributed by atoms with E-state index in [2.05, 4.69) is 10.1 Å². The lowest BCUT2D eigenvalue weighted by molar-refractivity contribution is -0.145. The number of carbonyl (C=O) groups is 2. The second kappa shape index (κ2) is 8.10. The highest BCUT2D eigenvalue weighted by Gasteiger charge is 2.20. The van der Waals surface area contributed by atoms with Gasteiger partial charge in [0.05, 0.1) is 20.3 Å². The zero-order valence-corrected chi connectivity index (χ0v) is 10.4. The van der Waals surface area contributed by atoms with Gasteiger partial charge in [-0.2, -0.15) is 0 Å². The van der Waals surface area contributed by atoms with Crippen LogP contribution in [0.1, 0.15) is 27.2 Å². The van der Waals surface area contributed by atoms with E-state index < -0.39 is 6.04 Å². The Kier molecular flexibility index (Phi) is 7.54. The van der Waals surface area contributed by atoms with Crippen LogP contribution in [0.25, 0.3) is 0 Å². The molecule has 0 bridgehead atoms. The molecule has 1 unspecified atom stereocenters. The van der Waals surface area contributed by atoms with Crippen LogP contribution in [0.5, 0.6) is 0 Å². The van der Waals surface area contributed by atoms with Crippen molar-refractivity contribution in [3.8, 4) is 0 Å². The van der Waals surface area contributed by atoms with E-state index in [4.69, 9.17) is 4.74 Å². The molecule has 0 spiro atoms. The SMILES string of the molecule is CCOC(=O)CNC(CC(C)C)C(=O)OC. The van der Waals surface area contributed by atoms with Crippen LogP contribution >= 0.6 is 0 Å². The van der Waals surface area contributed by atoms with Gasteiger partial charge in [0.1, 0.15) is 6.04 Å². The van der Waals surface area contributed by atoms with E-state index in [0.29, 0.717) is 18.9 Å². The first-order chi connectivity index (χ1) is 7.51.